The largest absolute Gasteiger partial charge is 0.493 e. The lowest BCUT2D eigenvalue weighted by molar-refractivity contribution is -0.139. The van der Waals surface area contributed by atoms with Crippen LogP contribution >= 0.6 is 0 Å². The summed E-state index contributed by atoms with van der Waals surface area (Å²) in [5.74, 6) is -4.03. The van der Waals surface area contributed by atoms with Crippen LogP contribution in [0.3, 0.4) is 0 Å². The number of methoxy groups -OCH3 is 1. The Labute approximate surface area is 87.3 Å². The molecular formula is C9H6F4O3. The first-order chi connectivity index (χ1) is 7.27. The Balaban J connectivity index is 3.49. The molecule has 1 aromatic carbocycles. The summed E-state index contributed by atoms with van der Waals surface area (Å²) in [6.07, 6.45) is -4.88. The number of ether oxygens (including phenoxy) is 1. The van der Waals surface area contributed by atoms with E-state index in [0.29, 0.717) is 12.1 Å². The molecule has 16 heavy (non-hydrogen) atoms. The van der Waals surface area contributed by atoms with E-state index in [-0.39, 0.29) is 0 Å². The van der Waals surface area contributed by atoms with Crippen LogP contribution in [-0.2, 0) is 6.18 Å². The van der Waals surface area contributed by atoms with Crippen molar-refractivity contribution >= 4 is 5.97 Å². The molecule has 3 nitrogen and oxygen atoms in total. The topological polar surface area (TPSA) is 46.5 Å². The van der Waals surface area contributed by atoms with Gasteiger partial charge in [-0.1, -0.05) is 0 Å². The average Bonchev–Trinajstić information content (AvgIpc) is 2.14. The molecule has 0 spiro atoms. The van der Waals surface area contributed by atoms with Crippen molar-refractivity contribution in [2.24, 2.45) is 0 Å². The summed E-state index contributed by atoms with van der Waals surface area (Å²) in [5, 5.41) is 8.49. The monoisotopic (exact) mass is 238 g/mol. The SMILES string of the molecule is COc1c(F)cc(C(=O)O)cc1C(F)(F)F. The van der Waals surface area contributed by atoms with Crippen LogP contribution in [0.1, 0.15) is 15.9 Å². The predicted octanol–water partition coefficient (Wildman–Crippen LogP) is 2.55. The molecule has 1 rings (SSSR count). The van der Waals surface area contributed by atoms with Crippen LogP contribution in [0, 0.1) is 5.82 Å². The highest BCUT2D eigenvalue weighted by Crippen LogP contribution is 2.38. The van der Waals surface area contributed by atoms with Crippen molar-refractivity contribution in [1.29, 1.82) is 0 Å². The molecule has 0 saturated heterocycles. The van der Waals surface area contributed by atoms with Crippen LogP contribution in [0.2, 0.25) is 0 Å². The Morgan fingerprint density at radius 1 is 1.38 bits per heavy atom. The second-order valence-corrected chi connectivity index (χ2v) is 2.84. The number of hydrogen-bond donors (Lipinski definition) is 1. The van der Waals surface area contributed by atoms with Gasteiger partial charge in [-0.15, -0.1) is 0 Å². The minimum Gasteiger partial charge on any atom is -0.493 e. The Kier molecular flexibility index (Phi) is 3.06. The summed E-state index contributed by atoms with van der Waals surface area (Å²) in [6.45, 7) is 0. The Morgan fingerprint density at radius 3 is 2.31 bits per heavy atom. The fourth-order valence-electron chi connectivity index (χ4n) is 1.13. The van der Waals surface area contributed by atoms with Crippen molar-refractivity contribution in [3.05, 3.63) is 29.1 Å². The predicted molar refractivity (Wildman–Crippen MR) is 44.9 cm³/mol. The van der Waals surface area contributed by atoms with Crippen molar-refractivity contribution in [3.8, 4) is 5.75 Å². The second-order valence-electron chi connectivity index (χ2n) is 2.84. The van der Waals surface area contributed by atoms with Gasteiger partial charge in [0.25, 0.3) is 0 Å². The third-order valence-electron chi connectivity index (χ3n) is 1.80. The number of carboxylic acids is 1. The van der Waals surface area contributed by atoms with Crippen molar-refractivity contribution in [1.82, 2.24) is 0 Å². The molecule has 1 N–H and O–H groups in total. The average molecular weight is 238 g/mol. The Bertz CT molecular complexity index is 425. The highest BCUT2D eigenvalue weighted by Gasteiger charge is 2.36. The molecule has 0 aliphatic heterocycles. The van der Waals surface area contributed by atoms with Gasteiger partial charge in [0, 0.05) is 0 Å². The Hall–Kier alpha value is -1.79. The summed E-state index contributed by atoms with van der Waals surface area (Å²) in [7, 11) is 0.869. The van der Waals surface area contributed by atoms with E-state index in [9.17, 15) is 22.4 Å². The molecule has 7 heteroatoms. The summed E-state index contributed by atoms with van der Waals surface area (Å²) in [4.78, 5) is 10.5. The van der Waals surface area contributed by atoms with E-state index in [1.807, 2.05) is 0 Å². The Morgan fingerprint density at radius 2 is 1.94 bits per heavy atom. The molecular weight excluding hydrogens is 232 g/mol. The number of halogens is 4. The molecule has 1 aromatic rings. The van der Waals surface area contributed by atoms with Gasteiger partial charge < -0.3 is 9.84 Å². The van der Waals surface area contributed by atoms with Crippen molar-refractivity contribution in [2.75, 3.05) is 7.11 Å². The van der Waals surface area contributed by atoms with Gasteiger partial charge >= 0.3 is 12.1 Å². The van der Waals surface area contributed by atoms with E-state index in [2.05, 4.69) is 4.74 Å². The van der Waals surface area contributed by atoms with E-state index < -0.39 is 34.8 Å². The lowest BCUT2D eigenvalue weighted by Gasteiger charge is -2.13. The molecule has 0 amide bonds. The third kappa shape index (κ3) is 2.23. The molecule has 0 heterocycles. The van der Waals surface area contributed by atoms with Crippen LogP contribution in [0.15, 0.2) is 12.1 Å². The molecule has 0 unspecified atom stereocenters. The highest BCUT2D eigenvalue weighted by atomic mass is 19.4. The molecule has 88 valence electrons. The molecule has 0 saturated carbocycles. The van der Waals surface area contributed by atoms with Gasteiger partial charge in [0.15, 0.2) is 11.6 Å². The van der Waals surface area contributed by atoms with Crippen molar-refractivity contribution in [2.45, 2.75) is 6.18 Å². The minimum absolute atomic E-state index is 0.324. The first kappa shape index (κ1) is 12.3. The van der Waals surface area contributed by atoms with Crippen LogP contribution in [0.25, 0.3) is 0 Å². The maximum Gasteiger partial charge on any atom is 0.420 e. The number of benzene rings is 1. The fourth-order valence-corrected chi connectivity index (χ4v) is 1.13. The summed E-state index contributed by atoms with van der Waals surface area (Å²) in [6, 6.07) is 0.792. The summed E-state index contributed by atoms with van der Waals surface area (Å²) >= 11 is 0. The van der Waals surface area contributed by atoms with Crippen LogP contribution in [-0.4, -0.2) is 18.2 Å². The number of rotatable bonds is 2. The zero-order valence-corrected chi connectivity index (χ0v) is 7.93. The van der Waals surface area contributed by atoms with Crippen LogP contribution in [0.5, 0.6) is 5.75 Å². The van der Waals surface area contributed by atoms with E-state index >= 15 is 0 Å². The second kappa shape index (κ2) is 3.99. The molecule has 0 fully saturated rings. The first-order valence-electron chi connectivity index (χ1n) is 3.95. The summed E-state index contributed by atoms with van der Waals surface area (Å²) in [5.41, 5.74) is -2.24. The summed E-state index contributed by atoms with van der Waals surface area (Å²) < 4.78 is 54.6. The number of alkyl halides is 3. The minimum atomic E-state index is -4.88. The zero-order valence-electron chi connectivity index (χ0n) is 7.93. The van der Waals surface area contributed by atoms with Gasteiger partial charge in [-0.2, -0.15) is 13.2 Å². The van der Waals surface area contributed by atoms with E-state index in [0.717, 1.165) is 7.11 Å². The van der Waals surface area contributed by atoms with Crippen molar-refractivity contribution < 1.29 is 32.2 Å². The van der Waals surface area contributed by atoms with Gasteiger partial charge in [0.05, 0.1) is 12.7 Å². The van der Waals surface area contributed by atoms with E-state index in [1.54, 1.807) is 0 Å². The molecule has 0 atom stereocenters. The maximum absolute atomic E-state index is 13.1. The quantitative estimate of drug-likeness (QED) is 0.805. The maximum atomic E-state index is 13.1. The molecule has 0 bridgehead atoms. The van der Waals surface area contributed by atoms with E-state index in [4.69, 9.17) is 5.11 Å². The van der Waals surface area contributed by atoms with Gasteiger partial charge in [-0.3, -0.25) is 0 Å². The normalized spacial score (nSPS) is 11.3. The number of carboxylic acid groups (broad SMARTS) is 1. The van der Waals surface area contributed by atoms with Gasteiger partial charge in [-0.05, 0) is 12.1 Å². The van der Waals surface area contributed by atoms with Crippen LogP contribution < -0.4 is 4.74 Å². The fraction of sp³-hybridized carbons (Fsp3) is 0.222. The van der Waals surface area contributed by atoms with E-state index in [1.165, 1.54) is 0 Å². The molecule has 0 aromatic heterocycles. The number of carbonyl (C=O) groups is 1. The number of hydrogen-bond acceptors (Lipinski definition) is 2. The van der Waals surface area contributed by atoms with Gasteiger partial charge in [0.1, 0.15) is 5.56 Å². The number of aromatic carboxylic acids is 1. The smallest absolute Gasteiger partial charge is 0.420 e. The third-order valence-corrected chi connectivity index (χ3v) is 1.80. The lowest BCUT2D eigenvalue weighted by Crippen LogP contribution is -2.11. The highest BCUT2D eigenvalue weighted by molar-refractivity contribution is 5.88. The van der Waals surface area contributed by atoms with Gasteiger partial charge in [0.2, 0.25) is 0 Å². The standard InChI is InChI=1S/C9H6F4O3/c1-16-7-5(9(11,12)13)2-4(8(14)15)3-6(7)10/h2-3H,1H3,(H,14,15). The first-order valence-corrected chi connectivity index (χ1v) is 3.95. The van der Waals surface area contributed by atoms with Crippen molar-refractivity contribution in [3.63, 3.8) is 0 Å². The molecule has 0 aliphatic carbocycles. The lowest BCUT2D eigenvalue weighted by atomic mass is 10.1. The van der Waals surface area contributed by atoms with Crippen LogP contribution in [0.4, 0.5) is 17.6 Å². The van der Waals surface area contributed by atoms with Gasteiger partial charge in [-0.25, -0.2) is 9.18 Å². The molecule has 0 aliphatic rings. The zero-order chi connectivity index (χ0) is 12.5. The molecule has 0 radical (unpaired) electrons.